The lowest BCUT2D eigenvalue weighted by molar-refractivity contribution is 0.312. The highest BCUT2D eigenvalue weighted by molar-refractivity contribution is 5.73. The summed E-state index contributed by atoms with van der Waals surface area (Å²) in [5.74, 6) is 1.60. The Hall–Kier alpha value is -2.79. The fourth-order valence-corrected chi connectivity index (χ4v) is 3.16. The molecule has 0 saturated carbocycles. The van der Waals surface area contributed by atoms with Gasteiger partial charge in [-0.2, -0.15) is 0 Å². The first kappa shape index (κ1) is 16.7. The van der Waals surface area contributed by atoms with Crippen LogP contribution in [0.25, 0.3) is 22.6 Å². The van der Waals surface area contributed by atoms with E-state index in [0.717, 1.165) is 48.8 Å². The van der Waals surface area contributed by atoms with Crippen LogP contribution in [0.3, 0.4) is 0 Å². The summed E-state index contributed by atoms with van der Waals surface area (Å²) in [4.78, 5) is 9.60. The van der Waals surface area contributed by atoms with Crippen molar-refractivity contribution in [3.05, 3.63) is 60.2 Å². The molecule has 0 atom stereocenters. The SMILES string of the molecule is Cc1ccc(-c2nnc(-c3ccccc3)nc2N2CCN(C)CC2)cc1. The number of hydrogen-bond acceptors (Lipinski definition) is 5. The smallest absolute Gasteiger partial charge is 0.183 e. The molecule has 2 aromatic carbocycles. The molecular formula is C21H23N5. The van der Waals surface area contributed by atoms with E-state index in [1.807, 2.05) is 30.3 Å². The van der Waals surface area contributed by atoms with E-state index >= 15 is 0 Å². The Labute approximate surface area is 154 Å². The predicted octanol–water partition coefficient (Wildman–Crippen LogP) is 3.27. The maximum absolute atomic E-state index is 4.92. The van der Waals surface area contributed by atoms with Gasteiger partial charge in [-0.05, 0) is 14.0 Å². The number of rotatable bonds is 3. The minimum Gasteiger partial charge on any atom is -0.352 e. The normalized spacial score (nSPS) is 15.2. The highest BCUT2D eigenvalue weighted by Crippen LogP contribution is 2.29. The van der Waals surface area contributed by atoms with Crippen molar-refractivity contribution >= 4 is 5.82 Å². The van der Waals surface area contributed by atoms with Crippen LogP contribution in [0.5, 0.6) is 0 Å². The molecule has 1 aliphatic rings. The van der Waals surface area contributed by atoms with Gasteiger partial charge in [-0.3, -0.25) is 0 Å². The maximum Gasteiger partial charge on any atom is 0.183 e. The summed E-state index contributed by atoms with van der Waals surface area (Å²) in [6, 6.07) is 18.5. The van der Waals surface area contributed by atoms with Gasteiger partial charge < -0.3 is 9.80 Å². The van der Waals surface area contributed by atoms with Gasteiger partial charge in [0.15, 0.2) is 11.6 Å². The van der Waals surface area contributed by atoms with Crippen LogP contribution in [0.1, 0.15) is 5.56 Å². The standard InChI is InChI=1S/C21H23N5/c1-16-8-10-17(11-9-16)19-21(26-14-12-25(2)13-15-26)22-20(24-23-19)18-6-4-3-5-7-18/h3-11H,12-15H2,1-2H3. The molecular weight excluding hydrogens is 322 g/mol. The first-order chi connectivity index (χ1) is 12.7. The fourth-order valence-electron chi connectivity index (χ4n) is 3.16. The van der Waals surface area contributed by atoms with Gasteiger partial charge in [-0.25, -0.2) is 4.98 Å². The largest absolute Gasteiger partial charge is 0.352 e. The van der Waals surface area contributed by atoms with Crippen LogP contribution in [-0.4, -0.2) is 53.3 Å². The Bertz CT molecular complexity index is 869. The molecule has 132 valence electrons. The molecule has 0 spiro atoms. The van der Waals surface area contributed by atoms with E-state index in [-0.39, 0.29) is 0 Å². The summed E-state index contributed by atoms with van der Waals surface area (Å²) in [5.41, 5.74) is 4.14. The number of anilines is 1. The van der Waals surface area contributed by atoms with Crippen molar-refractivity contribution in [2.75, 3.05) is 38.1 Å². The first-order valence-electron chi connectivity index (χ1n) is 9.01. The molecule has 26 heavy (non-hydrogen) atoms. The van der Waals surface area contributed by atoms with Crippen molar-refractivity contribution in [2.45, 2.75) is 6.92 Å². The van der Waals surface area contributed by atoms with Crippen molar-refractivity contribution in [3.63, 3.8) is 0 Å². The molecule has 0 bridgehead atoms. The second-order valence-corrected chi connectivity index (χ2v) is 6.83. The van der Waals surface area contributed by atoms with E-state index in [1.165, 1.54) is 5.56 Å². The van der Waals surface area contributed by atoms with Crippen LogP contribution in [0.4, 0.5) is 5.82 Å². The summed E-state index contributed by atoms with van der Waals surface area (Å²) in [6.45, 7) is 6.04. The van der Waals surface area contributed by atoms with Crippen LogP contribution < -0.4 is 4.90 Å². The molecule has 5 heteroatoms. The first-order valence-corrected chi connectivity index (χ1v) is 9.01. The molecule has 0 N–H and O–H groups in total. The summed E-state index contributed by atoms with van der Waals surface area (Å²) in [6.07, 6.45) is 0. The third kappa shape index (κ3) is 3.44. The maximum atomic E-state index is 4.92. The van der Waals surface area contributed by atoms with Crippen molar-refractivity contribution in [2.24, 2.45) is 0 Å². The van der Waals surface area contributed by atoms with E-state index in [1.54, 1.807) is 0 Å². The van der Waals surface area contributed by atoms with E-state index in [0.29, 0.717) is 5.82 Å². The van der Waals surface area contributed by atoms with Crippen LogP contribution in [0.15, 0.2) is 54.6 Å². The van der Waals surface area contributed by atoms with Gasteiger partial charge in [0.25, 0.3) is 0 Å². The molecule has 3 aromatic rings. The monoisotopic (exact) mass is 345 g/mol. The second kappa shape index (κ2) is 7.22. The molecule has 1 aliphatic heterocycles. The van der Waals surface area contributed by atoms with Crippen LogP contribution in [0.2, 0.25) is 0 Å². The zero-order valence-electron chi connectivity index (χ0n) is 15.3. The minimum atomic E-state index is 0.676. The van der Waals surface area contributed by atoms with E-state index in [9.17, 15) is 0 Å². The average molecular weight is 345 g/mol. The van der Waals surface area contributed by atoms with Gasteiger partial charge in [-0.1, -0.05) is 60.2 Å². The van der Waals surface area contributed by atoms with Gasteiger partial charge in [0.05, 0.1) is 0 Å². The highest BCUT2D eigenvalue weighted by atomic mass is 15.3. The number of hydrogen-bond donors (Lipinski definition) is 0. The highest BCUT2D eigenvalue weighted by Gasteiger charge is 2.21. The predicted molar refractivity (Wildman–Crippen MR) is 105 cm³/mol. The van der Waals surface area contributed by atoms with E-state index in [2.05, 4.69) is 58.2 Å². The number of likely N-dealkylation sites (N-methyl/N-ethyl adjacent to an activating group) is 1. The Kier molecular flexibility index (Phi) is 4.63. The Balaban J connectivity index is 1.78. The number of piperazine rings is 1. The fraction of sp³-hybridized carbons (Fsp3) is 0.286. The average Bonchev–Trinajstić information content (AvgIpc) is 2.70. The molecule has 1 saturated heterocycles. The van der Waals surface area contributed by atoms with Crippen molar-refractivity contribution in [3.8, 4) is 22.6 Å². The summed E-state index contributed by atoms with van der Waals surface area (Å²) < 4.78 is 0. The van der Waals surface area contributed by atoms with Gasteiger partial charge >= 0.3 is 0 Å². The minimum absolute atomic E-state index is 0.676. The molecule has 0 amide bonds. The molecule has 5 nitrogen and oxygen atoms in total. The van der Waals surface area contributed by atoms with Gasteiger partial charge in [0, 0.05) is 37.3 Å². The number of nitrogens with zero attached hydrogens (tertiary/aromatic N) is 5. The molecule has 0 unspecified atom stereocenters. The summed E-state index contributed by atoms with van der Waals surface area (Å²) in [5, 5.41) is 9.00. The van der Waals surface area contributed by atoms with Gasteiger partial charge in [0.1, 0.15) is 5.69 Å². The number of aryl methyl sites for hydroxylation is 1. The molecule has 1 fully saturated rings. The molecule has 1 aromatic heterocycles. The third-order valence-corrected chi connectivity index (χ3v) is 4.83. The zero-order chi connectivity index (χ0) is 17.9. The van der Waals surface area contributed by atoms with Crippen molar-refractivity contribution in [1.82, 2.24) is 20.1 Å². The van der Waals surface area contributed by atoms with Crippen LogP contribution >= 0.6 is 0 Å². The molecule has 2 heterocycles. The van der Waals surface area contributed by atoms with Gasteiger partial charge in [-0.15, -0.1) is 10.2 Å². The third-order valence-electron chi connectivity index (χ3n) is 4.83. The molecule has 4 rings (SSSR count). The Morgan fingerprint density at radius 2 is 1.46 bits per heavy atom. The summed E-state index contributed by atoms with van der Waals surface area (Å²) in [7, 11) is 2.16. The van der Waals surface area contributed by atoms with Crippen LogP contribution in [-0.2, 0) is 0 Å². The van der Waals surface area contributed by atoms with Crippen molar-refractivity contribution in [1.29, 1.82) is 0 Å². The Morgan fingerprint density at radius 1 is 0.769 bits per heavy atom. The number of aromatic nitrogens is 3. The quantitative estimate of drug-likeness (QED) is 0.729. The number of benzene rings is 2. The summed E-state index contributed by atoms with van der Waals surface area (Å²) >= 11 is 0. The lowest BCUT2D eigenvalue weighted by atomic mass is 10.1. The van der Waals surface area contributed by atoms with E-state index < -0.39 is 0 Å². The lowest BCUT2D eigenvalue weighted by Crippen LogP contribution is -2.45. The van der Waals surface area contributed by atoms with Gasteiger partial charge in [0.2, 0.25) is 0 Å². The molecule has 0 radical (unpaired) electrons. The topological polar surface area (TPSA) is 45.2 Å². The van der Waals surface area contributed by atoms with E-state index in [4.69, 9.17) is 4.98 Å². The zero-order valence-corrected chi connectivity index (χ0v) is 15.3. The van der Waals surface area contributed by atoms with Crippen LogP contribution in [0, 0.1) is 6.92 Å². The Morgan fingerprint density at radius 3 is 2.15 bits per heavy atom. The molecule has 0 aliphatic carbocycles. The second-order valence-electron chi connectivity index (χ2n) is 6.83. The lowest BCUT2D eigenvalue weighted by Gasteiger charge is -2.34. The van der Waals surface area contributed by atoms with Crippen molar-refractivity contribution < 1.29 is 0 Å².